The van der Waals surface area contributed by atoms with E-state index in [1.807, 2.05) is 42.5 Å². The largest absolute Gasteiger partial charge is 0.479 e. The number of carbonyl (C=O) groups is 1. The molecule has 3 nitrogen and oxygen atoms in total. The van der Waals surface area contributed by atoms with Gasteiger partial charge in [0.2, 0.25) is 0 Å². The quantitative estimate of drug-likeness (QED) is 0.694. The minimum absolute atomic E-state index is 0.278. The number of alkyl halides is 1. The van der Waals surface area contributed by atoms with Gasteiger partial charge in [0.05, 0.1) is 11.9 Å². The summed E-state index contributed by atoms with van der Waals surface area (Å²) in [5, 5.41) is 10.4. The summed E-state index contributed by atoms with van der Waals surface area (Å²) in [6.45, 7) is 4.48. The first-order chi connectivity index (χ1) is 11.0. The minimum Gasteiger partial charge on any atom is -0.479 e. The predicted octanol–water partition coefficient (Wildman–Crippen LogP) is 4.38. The summed E-state index contributed by atoms with van der Waals surface area (Å²) in [6.07, 6.45) is 5.57. The number of halogens is 1. The molecule has 0 aliphatic heterocycles. The van der Waals surface area contributed by atoms with Gasteiger partial charge < -0.3 is 9.84 Å². The van der Waals surface area contributed by atoms with E-state index >= 15 is 0 Å². The van der Waals surface area contributed by atoms with Crippen LogP contribution in [-0.2, 0) is 9.53 Å². The van der Waals surface area contributed by atoms with E-state index in [-0.39, 0.29) is 5.25 Å². The number of allylic oxidation sites excluding steroid dienone is 2. The Kier molecular flexibility index (Phi) is 6.50. The number of aliphatic carboxylic acids is 1. The first-order valence-corrected chi connectivity index (χ1v) is 9.61. The highest BCUT2D eigenvalue weighted by Crippen LogP contribution is 2.38. The number of carboxylic acids is 1. The van der Waals surface area contributed by atoms with E-state index in [1.54, 1.807) is 17.8 Å². The molecule has 2 atom stereocenters. The van der Waals surface area contributed by atoms with Gasteiger partial charge in [0.1, 0.15) is 0 Å². The number of hydrogen-bond acceptors (Lipinski definition) is 3. The maximum absolute atomic E-state index is 12.0. The number of thioether (sulfide) groups is 1. The molecule has 0 fully saturated rings. The van der Waals surface area contributed by atoms with Gasteiger partial charge in [0, 0.05) is 5.33 Å². The molecule has 0 bridgehead atoms. The SMILES string of the molecule is CC(C)SC1C=C(c2ccccc2)C=CC1(OCCBr)C(=O)O. The first-order valence-electron chi connectivity index (χ1n) is 7.55. The third-order valence-electron chi connectivity index (χ3n) is 3.54. The maximum Gasteiger partial charge on any atom is 0.341 e. The average Bonchev–Trinajstić information content (AvgIpc) is 2.54. The number of hydrogen-bond donors (Lipinski definition) is 1. The summed E-state index contributed by atoms with van der Waals surface area (Å²) in [5.74, 6) is -0.948. The molecule has 23 heavy (non-hydrogen) atoms. The summed E-state index contributed by atoms with van der Waals surface area (Å²) in [6, 6.07) is 9.99. The lowest BCUT2D eigenvalue weighted by Crippen LogP contribution is -2.50. The molecule has 0 heterocycles. The van der Waals surface area contributed by atoms with E-state index in [2.05, 4.69) is 29.8 Å². The van der Waals surface area contributed by atoms with Crippen molar-refractivity contribution >= 4 is 39.2 Å². The van der Waals surface area contributed by atoms with Gasteiger partial charge in [-0.3, -0.25) is 0 Å². The molecule has 2 rings (SSSR count). The molecular formula is C18H21BrO3S. The lowest BCUT2D eigenvalue weighted by atomic mass is 9.88. The predicted molar refractivity (Wildman–Crippen MR) is 100 cm³/mol. The van der Waals surface area contributed by atoms with Crippen LogP contribution in [0.2, 0.25) is 0 Å². The second kappa shape index (κ2) is 8.18. The average molecular weight is 397 g/mol. The van der Waals surface area contributed by atoms with Crippen molar-refractivity contribution in [3.05, 3.63) is 54.1 Å². The lowest BCUT2D eigenvalue weighted by molar-refractivity contribution is -0.157. The number of benzene rings is 1. The Morgan fingerprint density at radius 1 is 1.39 bits per heavy atom. The Balaban J connectivity index is 2.40. The van der Waals surface area contributed by atoms with E-state index in [9.17, 15) is 9.90 Å². The van der Waals surface area contributed by atoms with Crippen LogP contribution in [-0.4, -0.2) is 39.1 Å². The van der Waals surface area contributed by atoms with Gasteiger partial charge in [-0.15, -0.1) is 11.8 Å². The third kappa shape index (κ3) is 4.28. The zero-order chi connectivity index (χ0) is 16.9. The van der Waals surface area contributed by atoms with Crippen molar-refractivity contribution in [2.75, 3.05) is 11.9 Å². The molecule has 5 heteroatoms. The molecule has 0 spiro atoms. The maximum atomic E-state index is 12.0. The van der Waals surface area contributed by atoms with Crippen LogP contribution in [0.3, 0.4) is 0 Å². The second-order valence-corrected chi connectivity index (χ2v) is 8.08. The van der Waals surface area contributed by atoms with Crippen LogP contribution >= 0.6 is 27.7 Å². The molecule has 1 aliphatic rings. The third-order valence-corrected chi connectivity index (χ3v) is 5.19. The van der Waals surface area contributed by atoms with Gasteiger partial charge in [-0.05, 0) is 22.5 Å². The van der Waals surface area contributed by atoms with Crippen molar-refractivity contribution in [3.63, 3.8) is 0 Å². The van der Waals surface area contributed by atoms with E-state index in [1.165, 1.54) is 0 Å². The van der Waals surface area contributed by atoms with E-state index in [4.69, 9.17) is 4.74 Å². The van der Waals surface area contributed by atoms with Gasteiger partial charge in [0.25, 0.3) is 0 Å². The second-order valence-electron chi connectivity index (χ2n) is 5.56. The molecule has 0 radical (unpaired) electrons. The fourth-order valence-corrected chi connectivity index (χ4v) is 3.92. The molecule has 0 aromatic heterocycles. The Bertz CT molecular complexity index is 598. The fraction of sp³-hybridized carbons (Fsp3) is 0.389. The molecule has 1 aromatic carbocycles. The highest BCUT2D eigenvalue weighted by Gasteiger charge is 2.46. The van der Waals surface area contributed by atoms with Crippen LogP contribution in [0.15, 0.2) is 48.6 Å². The zero-order valence-electron chi connectivity index (χ0n) is 13.2. The van der Waals surface area contributed by atoms with Crippen molar-refractivity contribution in [1.29, 1.82) is 0 Å². The van der Waals surface area contributed by atoms with Crippen molar-refractivity contribution < 1.29 is 14.6 Å². The van der Waals surface area contributed by atoms with Gasteiger partial charge in [-0.1, -0.05) is 72.3 Å². The molecule has 0 saturated heterocycles. The molecule has 0 saturated carbocycles. The summed E-state index contributed by atoms with van der Waals surface area (Å²) < 4.78 is 5.78. The van der Waals surface area contributed by atoms with Crippen LogP contribution in [0.25, 0.3) is 5.57 Å². The van der Waals surface area contributed by atoms with Gasteiger partial charge >= 0.3 is 5.97 Å². The van der Waals surface area contributed by atoms with Crippen LogP contribution in [0.4, 0.5) is 0 Å². The molecule has 1 aromatic rings. The van der Waals surface area contributed by atoms with E-state index in [0.29, 0.717) is 17.2 Å². The van der Waals surface area contributed by atoms with E-state index in [0.717, 1.165) is 11.1 Å². The molecule has 0 amide bonds. The number of rotatable bonds is 7. The molecular weight excluding hydrogens is 376 g/mol. The Hall–Kier alpha value is -1.04. The van der Waals surface area contributed by atoms with Gasteiger partial charge in [-0.2, -0.15) is 0 Å². The highest BCUT2D eigenvalue weighted by atomic mass is 79.9. The Morgan fingerprint density at radius 3 is 2.65 bits per heavy atom. The number of carboxylic acid groups (broad SMARTS) is 1. The monoisotopic (exact) mass is 396 g/mol. The van der Waals surface area contributed by atoms with Crippen molar-refractivity contribution in [1.82, 2.24) is 0 Å². The van der Waals surface area contributed by atoms with Crippen LogP contribution in [0, 0.1) is 0 Å². The van der Waals surface area contributed by atoms with Gasteiger partial charge in [-0.25, -0.2) is 4.79 Å². The van der Waals surface area contributed by atoms with Crippen molar-refractivity contribution in [2.45, 2.75) is 29.9 Å². The van der Waals surface area contributed by atoms with Crippen LogP contribution in [0.1, 0.15) is 19.4 Å². The molecule has 1 N–H and O–H groups in total. The first kappa shape index (κ1) is 18.3. The van der Waals surface area contributed by atoms with Crippen molar-refractivity contribution in [3.8, 4) is 0 Å². The normalized spacial score (nSPS) is 23.8. The Morgan fingerprint density at radius 2 is 2.09 bits per heavy atom. The van der Waals surface area contributed by atoms with Crippen LogP contribution in [0.5, 0.6) is 0 Å². The molecule has 124 valence electrons. The standard InChI is InChI=1S/C18H21BrO3S/c1-13(2)23-16-12-15(14-6-4-3-5-7-14)8-9-18(16,17(20)21)22-11-10-19/h3-9,12-13,16H,10-11H2,1-2H3,(H,20,21). The fourth-order valence-electron chi connectivity index (χ4n) is 2.50. The number of ether oxygens (including phenoxy) is 1. The summed E-state index contributed by atoms with van der Waals surface area (Å²) in [5.41, 5.74) is 0.793. The van der Waals surface area contributed by atoms with Crippen LogP contribution < -0.4 is 0 Å². The molecule has 2 unspecified atom stereocenters. The van der Waals surface area contributed by atoms with Gasteiger partial charge in [0.15, 0.2) is 5.60 Å². The summed E-state index contributed by atoms with van der Waals surface area (Å²) >= 11 is 4.92. The minimum atomic E-state index is -1.32. The topological polar surface area (TPSA) is 46.5 Å². The van der Waals surface area contributed by atoms with E-state index < -0.39 is 11.6 Å². The van der Waals surface area contributed by atoms with Crippen molar-refractivity contribution in [2.24, 2.45) is 0 Å². The highest BCUT2D eigenvalue weighted by molar-refractivity contribution is 9.09. The lowest BCUT2D eigenvalue weighted by Gasteiger charge is -2.36. The summed E-state index contributed by atoms with van der Waals surface area (Å²) in [4.78, 5) is 12.0. The molecule has 1 aliphatic carbocycles. The summed E-state index contributed by atoms with van der Waals surface area (Å²) in [7, 11) is 0. The smallest absolute Gasteiger partial charge is 0.341 e. The zero-order valence-corrected chi connectivity index (χ0v) is 15.6. The Labute approximate surface area is 149 Å².